The summed E-state index contributed by atoms with van der Waals surface area (Å²) >= 11 is 0. The van der Waals surface area contributed by atoms with Crippen molar-refractivity contribution in [3.8, 4) is 0 Å². The summed E-state index contributed by atoms with van der Waals surface area (Å²) in [6.07, 6.45) is 4.89. The number of cyclic esters (lactones) is 1. The lowest BCUT2D eigenvalue weighted by atomic mass is 9.74. The molecule has 0 aromatic rings. The van der Waals surface area contributed by atoms with Crippen molar-refractivity contribution in [2.45, 2.75) is 135 Å². The molecule has 4 aliphatic heterocycles. The number of nitrogens with zero attached hydrogens (tertiary/aromatic N) is 4. The molecule has 4 fully saturated rings. The maximum Gasteiger partial charge on any atom is 0.319 e. The van der Waals surface area contributed by atoms with Gasteiger partial charge in [0.05, 0.1) is 24.4 Å². The van der Waals surface area contributed by atoms with E-state index in [1.54, 1.807) is 21.0 Å². The van der Waals surface area contributed by atoms with Crippen molar-refractivity contribution in [2.75, 3.05) is 62.0 Å². The van der Waals surface area contributed by atoms with Gasteiger partial charge in [0, 0.05) is 50.2 Å². The lowest BCUT2D eigenvalue weighted by Gasteiger charge is -2.46. The Kier molecular flexibility index (Phi) is 12.8. The molecule has 0 aliphatic carbocycles. The molecule has 48 heavy (non-hydrogen) atoms. The molecule has 11 heteroatoms. The van der Waals surface area contributed by atoms with E-state index >= 15 is 0 Å². The van der Waals surface area contributed by atoms with Crippen LogP contribution < -0.4 is 0 Å². The SMILES string of the molecule is CO[C@]1(C)C[C@@H](C)CN(C)C(C2C[C@H]3CC[C@@H](C2)N3C(=O)CN(C)C)COC(=O)C(C)(C)C(=O)[C@H](C)[C@H]1O[C@H]1C[C@@H](N(C)C)C[C@@H](C)O1. The van der Waals surface area contributed by atoms with Crippen molar-refractivity contribution >= 4 is 17.7 Å². The molecule has 0 N–H and O–H groups in total. The molecular formula is C37H66N4O7. The molecule has 4 aliphatic rings. The standard InChI is InChI=1S/C37H66N4O7/c1-23-19-37(6,45-12)34(48-32-18-29(39(9)10)15-24(2)47-32)25(3)33(43)36(4,5)35(44)46-22-30(40(11)20-23)26-16-27-13-14-28(17-26)41(27)31(42)21-38(7)8/h23-30,32,34H,13-22H2,1-12H3/t23-,24-,25+,26?,27-,28+,29+,30?,32+,34-,37-/m1/s1. The van der Waals surface area contributed by atoms with Gasteiger partial charge in [-0.05, 0) is 113 Å². The van der Waals surface area contributed by atoms with Gasteiger partial charge in [0.15, 0.2) is 12.1 Å². The zero-order chi connectivity index (χ0) is 35.7. The van der Waals surface area contributed by atoms with Crippen molar-refractivity contribution in [2.24, 2.45) is 23.2 Å². The van der Waals surface area contributed by atoms with E-state index in [2.05, 4.69) is 49.7 Å². The second-order valence-electron chi connectivity index (χ2n) is 16.9. The summed E-state index contributed by atoms with van der Waals surface area (Å²) in [6.45, 7) is 12.9. The van der Waals surface area contributed by atoms with E-state index < -0.39 is 35.3 Å². The molecule has 4 rings (SSSR count). The maximum atomic E-state index is 14.3. The van der Waals surface area contributed by atoms with Crippen LogP contribution >= 0.6 is 0 Å². The van der Waals surface area contributed by atoms with Crippen LogP contribution in [0.15, 0.2) is 0 Å². The minimum atomic E-state index is -1.38. The van der Waals surface area contributed by atoms with Crippen molar-refractivity contribution in [3.63, 3.8) is 0 Å². The van der Waals surface area contributed by atoms with Gasteiger partial charge in [-0.25, -0.2) is 0 Å². The van der Waals surface area contributed by atoms with Crippen LogP contribution in [-0.2, 0) is 33.3 Å². The molecule has 4 saturated heterocycles. The Morgan fingerprint density at radius 2 is 1.60 bits per heavy atom. The fourth-order valence-electron chi connectivity index (χ4n) is 9.30. The van der Waals surface area contributed by atoms with E-state index in [4.69, 9.17) is 18.9 Å². The molecule has 276 valence electrons. The molecule has 0 aromatic heterocycles. The van der Waals surface area contributed by atoms with Crippen LogP contribution in [0.4, 0.5) is 0 Å². The van der Waals surface area contributed by atoms with E-state index in [0.717, 1.165) is 38.6 Å². The minimum absolute atomic E-state index is 0.00912. The van der Waals surface area contributed by atoms with Gasteiger partial charge >= 0.3 is 5.97 Å². The number of esters is 1. The van der Waals surface area contributed by atoms with Gasteiger partial charge < -0.3 is 33.6 Å². The third kappa shape index (κ3) is 8.62. The molecule has 0 aromatic carbocycles. The summed E-state index contributed by atoms with van der Waals surface area (Å²) in [6, 6.07) is 0.670. The Morgan fingerprint density at radius 1 is 0.979 bits per heavy atom. The summed E-state index contributed by atoms with van der Waals surface area (Å²) in [7, 11) is 11.8. The van der Waals surface area contributed by atoms with Gasteiger partial charge in [0.25, 0.3) is 0 Å². The number of hydrogen-bond donors (Lipinski definition) is 0. The predicted molar refractivity (Wildman–Crippen MR) is 185 cm³/mol. The van der Waals surface area contributed by atoms with Crippen molar-refractivity contribution in [3.05, 3.63) is 0 Å². The Labute approximate surface area is 290 Å². The van der Waals surface area contributed by atoms with E-state index in [1.807, 2.05) is 32.8 Å². The lowest BCUT2D eigenvalue weighted by molar-refractivity contribution is -0.263. The first kappa shape index (κ1) is 39.2. The third-order valence-electron chi connectivity index (χ3n) is 11.9. The molecule has 11 atom stereocenters. The molecule has 2 bridgehead atoms. The molecule has 0 spiro atoms. The smallest absolute Gasteiger partial charge is 0.319 e. The zero-order valence-electron chi connectivity index (χ0n) is 32.0. The summed E-state index contributed by atoms with van der Waals surface area (Å²) in [5.41, 5.74) is -2.21. The second kappa shape index (κ2) is 15.7. The number of ketones is 1. The van der Waals surface area contributed by atoms with E-state index in [0.29, 0.717) is 19.4 Å². The number of hydrogen-bond acceptors (Lipinski definition) is 10. The number of likely N-dealkylation sites (N-methyl/N-ethyl adjacent to an activating group) is 2. The number of carbonyl (C=O) groups excluding carboxylic acids is 3. The molecular weight excluding hydrogens is 612 g/mol. The normalized spacial score (nSPS) is 40.3. The van der Waals surface area contributed by atoms with Gasteiger partial charge in [-0.2, -0.15) is 0 Å². The van der Waals surface area contributed by atoms with Crippen LogP contribution in [0.3, 0.4) is 0 Å². The summed E-state index contributed by atoms with van der Waals surface area (Å²) in [4.78, 5) is 50.0. The zero-order valence-corrected chi connectivity index (χ0v) is 32.0. The number of ether oxygens (including phenoxy) is 4. The van der Waals surface area contributed by atoms with Crippen LogP contribution in [0.2, 0.25) is 0 Å². The molecule has 2 unspecified atom stereocenters. The monoisotopic (exact) mass is 678 g/mol. The van der Waals surface area contributed by atoms with E-state index in [9.17, 15) is 14.4 Å². The highest BCUT2D eigenvalue weighted by Crippen LogP contribution is 2.42. The highest BCUT2D eigenvalue weighted by molar-refractivity contribution is 6.04. The Balaban J connectivity index is 1.61. The number of rotatable bonds is 7. The third-order valence-corrected chi connectivity index (χ3v) is 11.9. The first-order chi connectivity index (χ1) is 22.4. The molecule has 1 amide bonds. The number of piperidine rings is 1. The van der Waals surface area contributed by atoms with E-state index in [1.165, 1.54) is 0 Å². The number of Topliss-reactive ketones (excluding diaryl/α,β-unsaturated/α-hetero) is 1. The summed E-state index contributed by atoms with van der Waals surface area (Å²) in [5, 5.41) is 0. The first-order valence-corrected chi connectivity index (χ1v) is 18.3. The van der Waals surface area contributed by atoms with Gasteiger partial charge in [-0.3, -0.25) is 19.3 Å². The van der Waals surface area contributed by atoms with Crippen LogP contribution in [0.25, 0.3) is 0 Å². The fraction of sp³-hybridized carbons (Fsp3) is 0.919. The first-order valence-electron chi connectivity index (χ1n) is 18.3. The number of methoxy groups -OCH3 is 1. The average molecular weight is 679 g/mol. The second-order valence-corrected chi connectivity index (χ2v) is 16.9. The predicted octanol–water partition coefficient (Wildman–Crippen LogP) is 3.68. The number of fused-ring (bicyclic) bond motifs is 2. The van der Waals surface area contributed by atoms with Gasteiger partial charge in [0.2, 0.25) is 5.91 Å². The largest absolute Gasteiger partial charge is 0.463 e. The highest BCUT2D eigenvalue weighted by atomic mass is 16.7. The molecule has 4 heterocycles. The lowest BCUT2D eigenvalue weighted by Crippen LogP contribution is -2.55. The van der Waals surface area contributed by atoms with Gasteiger partial charge in [0.1, 0.15) is 12.0 Å². The van der Waals surface area contributed by atoms with Crippen LogP contribution in [0.1, 0.15) is 86.5 Å². The van der Waals surface area contributed by atoms with Gasteiger partial charge in [-0.1, -0.05) is 13.8 Å². The van der Waals surface area contributed by atoms with Crippen LogP contribution in [0.5, 0.6) is 0 Å². The molecule has 11 nitrogen and oxygen atoms in total. The Hall–Kier alpha value is -1.63. The minimum Gasteiger partial charge on any atom is -0.463 e. The number of amides is 1. The van der Waals surface area contributed by atoms with Crippen molar-refractivity contribution in [1.82, 2.24) is 19.6 Å². The van der Waals surface area contributed by atoms with Crippen LogP contribution in [0, 0.1) is 23.2 Å². The summed E-state index contributed by atoms with van der Waals surface area (Å²) < 4.78 is 25.5. The Bertz CT molecular complexity index is 1120. The summed E-state index contributed by atoms with van der Waals surface area (Å²) in [5.74, 6) is -0.754. The van der Waals surface area contributed by atoms with Crippen molar-refractivity contribution in [1.29, 1.82) is 0 Å². The molecule has 0 radical (unpaired) electrons. The maximum absolute atomic E-state index is 14.3. The topological polar surface area (TPSA) is 101 Å². The number of carbonyl (C=O) groups is 3. The van der Waals surface area contributed by atoms with Crippen LogP contribution in [-0.4, -0.2) is 148 Å². The fourth-order valence-corrected chi connectivity index (χ4v) is 9.30. The van der Waals surface area contributed by atoms with Crippen molar-refractivity contribution < 1.29 is 33.3 Å². The van der Waals surface area contributed by atoms with E-state index in [-0.39, 0.29) is 60.4 Å². The highest BCUT2D eigenvalue weighted by Gasteiger charge is 2.51. The quantitative estimate of drug-likeness (QED) is 0.293. The van der Waals surface area contributed by atoms with Gasteiger partial charge in [-0.15, -0.1) is 0 Å². The Morgan fingerprint density at radius 3 is 2.17 bits per heavy atom. The average Bonchev–Trinajstić information content (AvgIpc) is 3.27. The molecule has 0 saturated carbocycles.